The lowest BCUT2D eigenvalue weighted by atomic mass is 9.93. The van der Waals surface area contributed by atoms with Crippen LogP contribution in [0.15, 0.2) is 12.1 Å². The van der Waals surface area contributed by atoms with Crippen LogP contribution in [0.2, 0.25) is 5.02 Å². The van der Waals surface area contributed by atoms with Crippen molar-refractivity contribution in [1.82, 2.24) is 10.2 Å². The van der Waals surface area contributed by atoms with E-state index >= 15 is 0 Å². The molecule has 1 amide bonds. The van der Waals surface area contributed by atoms with Crippen LogP contribution in [0, 0.1) is 5.92 Å². The first-order chi connectivity index (χ1) is 12.3. The van der Waals surface area contributed by atoms with Crippen molar-refractivity contribution >= 4 is 29.2 Å². The average molecular weight is 384 g/mol. The number of anilines is 1. The van der Waals surface area contributed by atoms with Gasteiger partial charge in [-0.15, -0.1) is 0 Å². The third-order valence-corrected chi connectivity index (χ3v) is 4.85. The Balaban J connectivity index is 1.98. The van der Waals surface area contributed by atoms with Gasteiger partial charge in [-0.05, 0) is 25.3 Å². The normalized spacial score (nSPS) is 20.5. The fourth-order valence-corrected chi connectivity index (χ4v) is 3.30. The van der Waals surface area contributed by atoms with Gasteiger partial charge >= 0.3 is 5.97 Å². The second-order valence-electron chi connectivity index (χ2n) is 6.46. The number of methoxy groups -OCH3 is 1. The molecule has 1 aliphatic heterocycles. The van der Waals surface area contributed by atoms with Gasteiger partial charge in [0.05, 0.1) is 36.5 Å². The molecular weight excluding hydrogens is 358 g/mol. The van der Waals surface area contributed by atoms with E-state index in [1.807, 2.05) is 4.90 Å². The highest BCUT2D eigenvalue weighted by Gasteiger charge is 2.29. The SMILES string of the molecule is CCOC(=O)CN1CC[C@H](NC(=O)c2cc(Cl)c(N)cc2OC)[C@H](C)C1. The van der Waals surface area contributed by atoms with Crippen molar-refractivity contribution in [2.75, 3.05) is 39.1 Å². The molecule has 1 saturated heterocycles. The van der Waals surface area contributed by atoms with Gasteiger partial charge in [0.25, 0.3) is 5.91 Å². The molecule has 26 heavy (non-hydrogen) atoms. The van der Waals surface area contributed by atoms with Crippen molar-refractivity contribution in [2.45, 2.75) is 26.3 Å². The molecule has 0 spiro atoms. The van der Waals surface area contributed by atoms with Gasteiger partial charge in [-0.25, -0.2) is 0 Å². The number of carbonyl (C=O) groups excluding carboxylic acids is 2. The largest absolute Gasteiger partial charge is 0.496 e. The van der Waals surface area contributed by atoms with Crippen LogP contribution in [0.5, 0.6) is 5.75 Å². The van der Waals surface area contributed by atoms with Crippen LogP contribution in [-0.4, -0.2) is 56.2 Å². The average Bonchev–Trinajstić information content (AvgIpc) is 2.59. The molecule has 1 aromatic rings. The topological polar surface area (TPSA) is 93.9 Å². The maximum atomic E-state index is 12.7. The molecule has 1 aliphatic rings. The van der Waals surface area contributed by atoms with Crippen LogP contribution in [0.4, 0.5) is 5.69 Å². The molecule has 1 fully saturated rings. The molecular formula is C18H26ClN3O4. The van der Waals surface area contributed by atoms with E-state index in [0.29, 0.717) is 41.7 Å². The Morgan fingerprint density at radius 3 is 2.77 bits per heavy atom. The van der Waals surface area contributed by atoms with Crippen LogP contribution >= 0.6 is 11.6 Å². The fourth-order valence-electron chi connectivity index (χ4n) is 3.14. The zero-order valence-electron chi connectivity index (χ0n) is 15.4. The number of nitrogen functional groups attached to an aromatic ring is 1. The van der Waals surface area contributed by atoms with Crippen LogP contribution in [0.3, 0.4) is 0 Å². The van der Waals surface area contributed by atoms with E-state index in [1.54, 1.807) is 13.0 Å². The molecule has 144 valence electrons. The quantitative estimate of drug-likeness (QED) is 0.576. The van der Waals surface area contributed by atoms with E-state index in [2.05, 4.69) is 12.2 Å². The minimum atomic E-state index is -0.251. The number of hydrogen-bond donors (Lipinski definition) is 2. The second kappa shape index (κ2) is 9.09. The summed E-state index contributed by atoms with van der Waals surface area (Å²) in [7, 11) is 1.48. The number of ether oxygens (including phenoxy) is 2. The Bertz CT molecular complexity index is 668. The Morgan fingerprint density at radius 2 is 2.15 bits per heavy atom. The smallest absolute Gasteiger partial charge is 0.320 e. The Morgan fingerprint density at radius 1 is 1.42 bits per heavy atom. The molecule has 2 atom stereocenters. The van der Waals surface area contributed by atoms with Crippen LogP contribution in [-0.2, 0) is 9.53 Å². The van der Waals surface area contributed by atoms with Crippen molar-refractivity contribution < 1.29 is 19.1 Å². The first-order valence-corrected chi connectivity index (χ1v) is 9.05. The highest BCUT2D eigenvalue weighted by molar-refractivity contribution is 6.33. The summed E-state index contributed by atoms with van der Waals surface area (Å²) < 4.78 is 10.2. The zero-order chi connectivity index (χ0) is 19.3. The number of rotatable bonds is 6. The molecule has 2 rings (SSSR count). The summed E-state index contributed by atoms with van der Waals surface area (Å²) in [5.41, 5.74) is 6.48. The van der Waals surface area contributed by atoms with Crippen molar-refractivity contribution in [3.05, 3.63) is 22.7 Å². The molecule has 0 aromatic heterocycles. The number of benzene rings is 1. The summed E-state index contributed by atoms with van der Waals surface area (Å²) in [4.78, 5) is 26.3. The lowest BCUT2D eigenvalue weighted by molar-refractivity contribution is -0.144. The maximum Gasteiger partial charge on any atom is 0.320 e. The number of carbonyl (C=O) groups is 2. The number of piperidine rings is 1. The lowest BCUT2D eigenvalue weighted by Gasteiger charge is -2.36. The predicted molar refractivity (Wildman–Crippen MR) is 101 cm³/mol. The number of nitrogens with one attached hydrogen (secondary N) is 1. The van der Waals surface area contributed by atoms with Crippen molar-refractivity contribution in [2.24, 2.45) is 5.92 Å². The van der Waals surface area contributed by atoms with Crippen LogP contribution < -0.4 is 15.8 Å². The van der Waals surface area contributed by atoms with Gasteiger partial charge < -0.3 is 20.5 Å². The Kier molecular flexibility index (Phi) is 7.11. The van der Waals surface area contributed by atoms with E-state index in [9.17, 15) is 9.59 Å². The molecule has 1 heterocycles. The molecule has 0 bridgehead atoms. The van der Waals surface area contributed by atoms with Crippen molar-refractivity contribution in [1.29, 1.82) is 0 Å². The second-order valence-corrected chi connectivity index (χ2v) is 6.87. The van der Waals surface area contributed by atoms with E-state index in [1.165, 1.54) is 13.2 Å². The van der Waals surface area contributed by atoms with E-state index in [0.717, 1.165) is 6.42 Å². The lowest BCUT2D eigenvalue weighted by Crippen LogP contribution is -2.51. The van der Waals surface area contributed by atoms with Gasteiger partial charge in [0.1, 0.15) is 5.75 Å². The number of hydrogen-bond acceptors (Lipinski definition) is 6. The minimum absolute atomic E-state index is 0.00183. The standard InChI is InChI=1S/C18H26ClN3O4/c1-4-26-17(23)10-22-6-5-15(11(2)9-22)21-18(24)12-7-13(19)14(20)8-16(12)25-3/h7-8,11,15H,4-6,9-10,20H2,1-3H3,(H,21,24)/t11-,15+/m1/s1. The highest BCUT2D eigenvalue weighted by atomic mass is 35.5. The van der Waals surface area contributed by atoms with Gasteiger partial charge in [-0.3, -0.25) is 14.5 Å². The summed E-state index contributed by atoms with van der Waals surface area (Å²) in [6.07, 6.45) is 0.747. The van der Waals surface area contributed by atoms with Crippen LogP contribution in [0.1, 0.15) is 30.6 Å². The summed E-state index contributed by atoms with van der Waals surface area (Å²) in [5.74, 6) is 0.108. The number of esters is 1. The van der Waals surface area contributed by atoms with E-state index in [4.69, 9.17) is 26.8 Å². The van der Waals surface area contributed by atoms with Crippen LogP contribution in [0.25, 0.3) is 0 Å². The summed E-state index contributed by atoms with van der Waals surface area (Å²) in [5, 5.41) is 3.36. The molecule has 8 heteroatoms. The minimum Gasteiger partial charge on any atom is -0.496 e. The molecule has 0 unspecified atom stereocenters. The highest BCUT2D eigenvalue weighted by Crippen LogP contribution is 2.29. The van der Waals surface area contributed by atoms with Gasteiger partial charge in [0, 0.05) is 25.2 Å². The van der Waals surface area contributed by atoms with Crippen molar-refractivity contribution in [3.63, 3.8) is 0 Å². The number of nitrogens with two attached hydrogens (primary N) is 1. The molecule has 0 radical (unpaired) electrons. The third kappa shape index (κ3) is 5.02. The molecule has 3 N–H and O–H groups in total. The number of amides is 1. The van der Waals surface area contributed by atoms with Crippen molar-refractivity contribution in [3.8, 4) is 5.75 Å². The van der Waals surface area contributed by atoms with Gasteiger partial charge in [-0.1, -0.05) is 18.5 Å². The number of halogens is 1. The first kappa shape index (κ1) is 20.3. The van der Waals surface area contributed by atoms with E-state index in [-0.39, 0.29) is 30.4 Å². The van der Waals surface area contributed by atoms with E-state index < -0.39 is 0 Å². The first-order valence-electron chi connectivity index (χ1n) is 8.67. The monoisotopic (exact) mass is 383 g/mol. The molecule has 0 aliphatic carbocycles. The summed E-state index contributed by atoms with van der Waals surface area (Å²) >= 11 is 6.04. The fraction of sp³-hybridized carbons (Fsp3) is 0.556. The number of likely N-dealkylation sites (tertiary alicyclic amines) is 1. The molecule has 7 nitrogen and oxygen atoms in total. The third-order valence-electron chi connectivity index (χ3n) is 4.53. The maximum absolute atomic E-state index is 12.7. The summed E-state index contributed by atoms with van der Waals surface area (Å²) in [6.45, 7) is 5.93. The Hall–Kier alpha value is -1.99. The van der Waals surface area contributed by atoms with Gasteiger partial charge in [-0.2, -0.15) is 0 Å². The Labute approximate surface area is 158 Å². The molecule has 1 aromatic carbocycles. The zero-order valence-corrected chi connectivity index (χ0v) is 16.1. The predicted octanol–water partition coefficient (Wildman–Crippen LogP) is 1.93. The van der Waals surface area contributed by atoms with Gasteiger partial charge in [0.15, 0.2) is 0 Å². The molecule has 0 saturated carbocycles. The number of nitrogens with zero attached hydrogens (tertiary/aromatic N) is 1. The summed E-state index contributed by atoms with van der Waals surface area (Å²) in [6, 6.07) is 3.07. The van der Waals surface area contributed by atoms with Gasteiger partial charge in [0.2, 0.25) is 0 Å².